The van der Waals surface area contributed by atoms with Gasteiger partial charge in [-0.3, -0.25) is 15.1 Å². The zero-order valence-electron chi connectivity index (χ0n) is 10.8. The Labute approximate surface area is 128 Å². The third-order valence-electron chi connectivity index (χ3n) is 3.29. The molecule has 0 bridgehead atoms. The topological polar surface area (TPSA) is 77.1 Å². The summed E-state index contributed by atoms with van der Waals surface area (Å²) in [6, 6.07) is 6.75. The van der Waals surface area contributed by atoms with Crippen molar-refractivity contribution >= 4 is 29.2 Å². The molecule has 2 aliphatic rings. The number of hydrogen-bond acceptors (Lipinski definition) is 7. The number of benzene rings is 1. The molecule has 2 aromatic rings. The van der Waals surface area contributed by atoms with Crippen LogP contribution < -0.4 is 5.01 Å². The Morgan fingerprint density at radius 3 is 3.05 bits per heavy atom. The monoisotopic (exact) mass is 319 g/mol. The van der Waals surface area contributed by atoms with Crippen LogP contribution in [0.5, 0.6) is 0 Å². The Morgan fingerprint density at radius 1 is 1.38 bits per heavy atom. The molecule has 2 aliphatic heterocycles. The van der Waals surface area contributed by atoms with Crippen molar-refractivity contribution in [2.24, 2.45) is 0 Å². The highest BCUT2D eigenvalue weighted by Crippen LogP contribution is 2.51. The first-order valence-corrected chi connectivity index (χ1v) is 7.90. The van der Waals surface area contributed by atoms with Crippen LogP contribution in [0.4, 0.5) is 5.69 Å². The molecule has 9 heteroatoms. The average molecular weight is 319 g/mol. The van der Waals surface area contributed by atoms with E-state index in [0.717, 1.165) is 21.6 Å². The van der Waals surface area contributed by atoms with Gasteiger partial charge in [0.25, 0.3) is 5.69 Å². The molecule has 4 rings (SSSR count). The van der Waals surface area contributed by atoms with Crippen LogP contribution in [-0.4, -0.2) is 19.8 Å². The molecule has 0 amide bonds. The molecule has 0 aliphatic carbocycles. The molecule has 0 N–H and O–H groups in total. The van der Waals surface area contributed by atoms with E-state index in [4.69, 9.17) is 0 Å². The zero-order chi connectivity index (χ0) is 14.6. The van der Waals surface area contributed by atoms with Gasteiger partial charge < -0.3 is 0 Å². The minimum atomic E-state index is -0.369. The van der Waals surface area contributed by atoms with Crippen molar-refractivity contribution in [3.8, 4) is 0 Å². The molecule has 0 saturated carbocycles. The van der Waals surface area contributed by atoms with E-state index in [1.165, 1.54) is 6.07 Å². The second-order valence-electron chi connectivity index (χ2n) is 4.58. The molecule has 1 atom stereocenters. The lowest BCUT2D eigenvalue weighted by Crippen LogP contribution is -2.30. The summed E-state index contributed by atoms with van der Waals surface area (Å²) >= 11 is 3.19. The number of hydrogen-bond donors (Lipinski definition) is 0. The number of fused-ring (bicyclic) bond motifs is 3. The molecule has 0 radical (unpaired) electrons. The van der Waals surface area contributed by atoms with Gasteiger partial charge in [-0.25, -0.2) is 4.68 Å². The summed E-state index contributed by atoms with van der Waals surface area (Å²) in [4.78, 5) is 10.6. The van der Waals surface area contributed by atoms with Crippen LogP contribution in [0, 0.1) is 17.0 Å². The van der Waals surface area contributed by atoms with Crippen LogP contribution in [0.25, 0.3) is 0 Å². The second-order valence-corrected chi connectivity index (χ2v) is 6.53. The summed E-state index contributed by atoms with van der Waals surface area (Å²) in [5.41, 5.74) is 0.996. The van der Waals surface area contributed by atoms with Crippen LogP contribution in [0.2, 0.25) is 0 Å². The van der Waals surface area contributed by atoms with E-state index in [-0.39, 0.29) is 16.0 Å². The molecule has 0 saturated heterocycles. The number of aromatic nitrogens is 3. The molecule has 7 nitrogen and oxygen atoms in total. The van der Waals surface area contributed by atoms with Gasteiger partial charge in [-0.05, 0) is 24.2 Å². The molecule has 3 heterocycles. The van der Waals surface area contributed by atoms with Gasteiger partial charge in [0.15, 0.2) is 5.82 Å². The lowest BCUT2D eigenvalue weighted by Gasteiger charge is -2.25. The van der Waals surface area contributed by atoms with Gasteiger partial charge in [-0.1, -0.05) is 23.9 Å². The van der Waals surface area contributed by atoms with Gasteiger partial charge >= 0.3 is 0 Å². The third kappa shape index (κ3) is 1.84. The Bertz CT molecular complexity index is 788. The van der Waals surface area contributed by atoms with Crippen LogP contribution >= 0.6 is 23.5 Å². The van der Waals surface area contributed by atoms with Crippen molar-refractivity contribution in [1.29, 1.82) is 0 Å². The Kier molecular flexibility index (Phi) is 2.73. The maximum Gasteiger partial charge on any atom is 0.269 e. The van der Waals surface area contributed by atoms with E-state index in [1.807, 2.05) is 17.7 Å². The fourth-order valence-electron chi connectivity index (χ4n) is 2.38. The fraction of sp³-hybridized carbons (Fsp3) is 0.167. The maximum atomic E-state index is 10.9. The van der Waals surface area contributed by atoms with Crippen LogP contribution in [0.3, 0.4) is 0 Å². The van der Waals surface area contributed by atoms with Gasteiger partial charge in [-0.2, -0.15) is 0 Å². The Hall–Kier alpha value is -2.00. The summed E-state index contributed by atoms with van der Waals surface area (Å²) in [7, 11) is 0. The Morgan fingerprint density at radius 2 is 2.24 bits per heavy atom. The molecule has 21 heavy (non-hydrogen) atoms. The molecule has 1 aromatic heterocycles. The summed E-state index contributed by atoms with van der Waals surface area (Å²) in [6.07, 6.45) is 0. The number of nitro groups is 1. The number of thioether (sulfide) groups is 2. The number of rotatable bonds is 2. The maximum absolute atomic E-state index is 10.9. The molecular formula is C12H9N5O2S2. The summed E-state index contributed by atoms with van der Waals surface area (Å²) < 4.78 is 1.96. The molecule has 1 unspecified atom stereocenters. The third-order valence-corrected chi connectivity index (χ3v) is 5.48. The second kappa shape index (κ2) is 4.50. The zero-order valence-corrected chi connectivity index (χ0v) is 12.5. The number of aryl methyl sites for hydroxylation is 1. The standard InChI is InChI=1S/C12H9N5O2S2/c1-7-13-14-12-15(7)16-10(21-12)6-20-11(16)8-3-2-4-9(5-8)17(18)19/h2-6,11H,1H3. The van der Waals surface area contributed by atoms with E-state index >= 15 is 0 Å². The molecule has 0 spiro atoms. The minimum Gasteiger partial charge on any atom is -0.258 e. The van der Waals surface area contributed by atoms with Crippen molar-refractivity contribution in [2.45, 2.75) is 17.5 Å². The molecule has 0 fully saturated rings. The highest BCUT2D eigenvalue weighted by molar-refractivity contribution is 8.07. The van der Waals surface area contributed by atoms with E-state index in [9.17, 15) is 10.1 Å². The predicted octanol–water partition coefficient (Wildman–Crippen LogP) is 2.78. The van der Waals surface area contributed by atoms with E-state index < -0.39 is 0 Å². The first-order chi connectivity index (χ1) is 10.1. The van der Waals surface area contributed by atoms with Gasteiger partial charge in [0.05, 0.1) is 4.92 Å². The van der Waals surface area contributed by atoms with Crippen molar-refractivity contribution < 1.29 is 4.92 Å². The number of nitrogens with zero attached hydrogens (tertiary/aromatic N) is 5. The van der Waals surface area contributed by atoms with Gasteiger partial charge in [0, 0.05) is 17.5 Å². The Balaban J connectivity index is 1.76. The van der Waals surface area contributed by atoms with Crippen molar-refractivity contribution in [3.05, 3.63) is 56.2 Å². The van der Waals surface area contributed by atoms with Gasteiger partial charge in [0.2, 0.25) is 5.16 Å². The van der Waals surface area contributed by atoms with E-state index in [2.05, 4.69) is 20.6 Å². The number of non-ortho nitro benzene ring substituents is 1. The lowest BCUT2D eigenvalue weighted by atomic mass is 10.2. The van der Waals surface area contributed by atoms with Gasteiger partial charge in [-0.15, -0.1) is 10.2 Å². The first-order valence-electron chi connectivity index (χ1n) is 6.14. The van der Waals surface area contributed by atoms with Crippen LogP contribution in [0.15, 0.2) is 39.9 Å². The summed E-state index contributed by atoms with van der Waals surface area (Å²) in [6.45, 7) is 1.90. The molecular weight excluding hydrogens is 310 g/mol. The first kappa shape index (κ1) is 12.7. The lowest BCUT2D eigenvalue weighted by molar-refractivity contribution is -0.384. The minimum absolute atomic E-state index is 0.0386. The predicted molar refractivity (Wildman–Crippen MR) is 80.3 cm³/mol. The van der Waals surface area contributed by atoms with E-state index in [1.54, 1.807) is 35.7 Å². The molecule has 1 aromatic carbocycles. The van der Waals surface area contributed by atoms with E-state index in [0.29, 0.717) is 0 Å². The highest BCUT2D eigenvalue weighted by atomic mass is 32.2. The van der Waals surface area contributed by atoms with Crippen molar-refractivity contribution in [1.82, 2.24) is 14.9 Å². The quantitative estimate of drug-likeness (QED) is 0.622. The molecule has 106 valence electrons. The average Bonchev–Trinajstić information content (AvgIpc) is 3.11. The van der Waals surface area contributed by atoms with Crippen molar-refractivity contribution in [2.75, 3.05) is 5.01 Å². The normalized spacial score (nSPS) is 19.4. The largest absolute Gasteiger partial charge is 0.269 e. The number of nitro benzene ring substituents is 1. The highest BCUT2D eigenvalue weighted by Gasteiger charge is 2.39. The van der Waals surface area contributed by atoms with Gasteiger partial charge in [0.1, 0.15) is 10.4 Å². The van der Waals surface area contributed by atoms with Crippen LogP contribution in [-0.2, 0) is 0 Å². The van der Waals surface area contributed by atoms with Crippen molar-refractivity contribution in [3.63, 3.8) is 0 Å². The fourth-order valence-corrected chi connectivity index (χ4v) is 4.64. The summed E-state index contributed by atoms with van der Waals surface area (Å²) in [5, 5.41) is 25.2. The SMILES string of the molecule is Cc1nnc2n1N1C(=CSC1c1cccc([N+](=O)[O-])c1)S2. The van der Waals surface area contributed by atoms with Crippen LogP contribution in [0.1, 0.15) is 16.8 Å². The summed E-state index contributed by atoms with van der Waals surface area (Å²) in [5.74, 6) is 0.804. The smallest absolute Gasteiger partial charge is 0.258 e.